The highest BCUT2D eigenvalue weighted by molar-refractivity contribution is 5.67. The molecule has 1 aromatic heterocycles. The van der Waals surface area contributed by atoms with Crippen molar-refractivity contribution in [2.24, 2.45) is 0 Å². The molecule has 0 aliphatic carbocycles. The van der Waals surface area contributed by atoms with E-state index in [0.717, 1.165) is 16.8 Å². The summed E-state index contributed by atoms with van der Waals surface area (Å²) in [7, 11) is 0. The van der Waals surface area contributed by atoms with Crippen LogP contribution in [-0.4, -0.2) is 4.57 Å². The van der Waals surface area contributed by atoms with Crippen LogP contribution < -0.4 is 5.32 Å². The lowest BCUT2D eigenvalue weighted by Crippen LogP contribution is -2.22. The van der Waals surface area contributed by atoms with Crippen molar-refractivity contribution in [1.29, 1.82) is 0 Å². The molecule has 128 valence electrons. The monoisotopic (exact) mass is 346 g/mol. The molecule has 1 atom stereocenters. The summed E-state index contributed by atoms with van der Waals surface area (Å²) in [5.41, 5.74) is 6.81. The number of hydrogen-bond acceptors (Lipinski definition) is 1. The lowest BCUT2D eigenvalue weighted by Gasteiger charge is -2.30. The number of hydrogen-bond donors (Lipinski definition) is 1. The van der Waals surface area contributed by atoms with Crippen LogP contribution in [0, 0.1) is 11.8 Å². The van der Waals surface area contributed by atoms with Crippen LogP contribution in [0.3, 0.4) is 0 Å². The number of nitrogens with one attached hydrogen (secondary N) is 1. The molecular formula is C25H18N2. The number of para-hydroxylation sites is 2. The third kappa shape index (κ3) is 2.80. The molecule has 2 heteroatoms. The van der Waals surface area contributed by atoms with Gasteiger partial charge in [0.1, 0.15) is 0 Å². The van der Waals surface area contributed by atoms with Gasteiger partial charge in [0.05, 0.1) is 17.4 Å². The third-order valence-electron chi connectivity index (χ3n) is 4.93. The van der Waals surface area contributed by atoms with Gasteiger partial charge in [-0.1, -0.05) is 60.4 Å². The number of aromatic nitrogens is 1. The third-order valence-corrected chi connectivity index (χ3v) is 4.93. The summed E-state index contributed by atoms with van der Waals surface area (Å²) < 4.78 is 2.26. The summed E-state index contributed by atoms with van der Waals surface area (Å²) in [6.07, 6.45) is 2.13. The molecule has 5 rings (SSSR count). The van der Waals surface area contributed by atoms with Gasteiger partial charge < -0.3 is 9.88 Å². The zero-order valence-electron chi connectivity index (χ0n) is 14.8. The average Bonchev–Trinajstić information content (AvgIpc) is 3.23. The SMILES string of the molecule is C(#Cc1ccccc1[C@H]1Nc2ccccc2-n2cccc21)c1ccccc1. The van der Waals surface area contributed by atoms with Gasteiger partial charge in [0.15, 0.2) is 0 Å². The molecule has 1 aliphatic rings. The zero-order chi connectivity index (χ0) is 18.1. The van der Waals surface area contributed by atoms with E-state index >= 15 is 0 Å². The molecule has 2 heterocycles. The molecule has 2 nitrogen and oxygen atoms in total. The van der Waals surface area contributed by atoms with E-state index in [1.54, 1.807) is 0 Å². The van der Waals surface area contributed by atoms with Crippen molar-refractivity contribution in [3.63, 3.8) is 0 Å². The van der Waals surface area contributed by atoms with E-state index < -0.39 is 0 Å². The van der Waals surface area contributed by atoms with E-state index in [2.05, 4.69) is 82.5 Å². The summed E-state index contributed by atoms with van der Waals surface area (Å²) in [6.45, 7) is 0. The first-order valence-electron chi connectivity index (χ1n) is 9.09. The van der Waals surface area contributed by atoms with Crippen LogP contribution in [0.2, 0.25) is 0 Å². The second kappa shape index (κ2) is 6.55. The molecule has 0 saturated heterocycles. The molecule has 1 N–H and O–H groups in total. The average molecular weight is 346 g/mol. The van der Waals surface area contributed by atoms with E-state index in [1.165, 1.54) is 16.9 Å². The second-order valence-electron chi connectivity index (χ2n) is 6.60. The minimum atomic E-state index is 0.0659. The van der Waals surface area contributed by atoms with Gasteiger partial charge >= 0.3 is 0 Å². The van der Waals surface area contributed by atoms with Crippen molar-refractivity contribution in [2.75, 3.05) is 5.32 Å². The highest BCUT2D eigenvalue weighted by Gasteiger charge is 2.25. The fourth-order valence-electron chi connectivity index (χ4n) is 3.64. The van der Waals surface area contributed by atoms with Gasteiger partial charge in [-0.15, -0.1) is 0 Å². The van der Waals surface area contributed by atoms with Gasteiger partial charge in [0.25, 0.3) is 0 Å². The van der Waals surface area contributed by atoms with Crippen molar-refractivity contribution >= 4 is 5.69 Å². The van der Waals surface area contributed by atoms with Crippen LogP contribution in [0.4, 0.5) is 5.69 Å². The largest absolute Gasteiger partial charge is 0.371 e. The molecule has 0 spiro atoms. The van der Waals surface area contributed by atoms with Crippen molar-refractivity contribution < 1.29 is 0 Å². The van der Waals surface area contributed by atoms with E-state index in [9.17, 15) is 0 Å². The van der Waals surface area contributed by atoms with Crippen molar-refractivity contribution in [3.05, 3.63) is 120 Å². The van der Waals surface area contributed by atoms with Crippen LogP contribution in [-0.2, 0) is 0 Å². The molecule has 3 aromatic carbocycles. The fraction of sp³-hybridized carbons (Fsp3) is 0.0400. The number of fused-ring (bicyclic) bond motifs is 3. The van der Waals surface area contributed by atoms with Crippen molar-refractivity contribution in [1.82, 2.24) is 4.57 Å². The molecule has 0 fully saturated rings. The van der Waals surface area contributed by atoms with Crippen LogP contribution >= 0.6 is 0 Å². The Hall–Kier alpha value is -3.70. The van der Waals surface area contributed by atoms with E-state index in [-0.39, 0.29) is 6.04 Å². The second-order valence-corrected chi connectivity index (χ2v) is 6.60. The Kier molecular flexibility index (Phi) is 3.77. The Bertz CT molecular complexity index is 1160. The molecule has 4 aromatic rings. The standard InChI is InChI=1S/C25H18N2/c1-2-9-19(10-3-1)16-17-20-11-4-5-12-21(20)25-24-15-8-18-27(24)23-14-7-6-13-22(23)26-25/h1-15,18,25-26H/t25-/m1/s1. The van der Waals surface area contributed by atoms with Crippen molar-refractivity contribution in [3.8, 4) is 17.5 Å². The first kappa shape index (κ1) is 15.5. The van der Waals surface area contributed by atoms with Crippen LogP contribution in [0.15, 0.2) is 97.2 Å². The van der Waals surface area contributed by atoms with E-state index in [1.807, 2.05) is 36.4 Å². The van der Waals surface area contributed by atoms with E-state index in [0.29, 0.717) is 0 Å². The smallest absolute Gasteiger partial charge is 0.0936 e. The van der Waals surface area contributed by atoms with Gasteiger partial charge in [0.2, 0.25) is 0 Å². The molecular weight excluding hydrogens is 328 g/mol. The topological polar surface area (TPSA) is 17.0 Å². The normalized spacial score (nSPS) is 14.3. The zero-order valence-corrected chi connectivity index (χ0v) is 14.8. The van der Waals surface area contributed by atoms with E-state index in [4.69, 9.17) is 0 Å². The molecule has 27 heavy (non-hydrogen) atoms. The number of nitrogens with zero attached hydrogens (tertiary/aromatic N) is 1. The fourth-order valence-corrected chi connectivity index (χ4v) is 3.64. The van der Waals surface area contributed by atoms with Crippen molar-refractivity contribution in [2.45, 2.75) is 6.04 Å². The highest BCUT2D eigenvalue weighted by atomic mass is 15.1. The number of rotatable bonds is 1. The predicted octanol–water partition coefficient (Wildman–Crippen LogP) is 5.39. The minimum absolute atomic E-state index is 0.0659. The Labute approximate surface area is 159 Å². The Balaban J connectivity index is 1.60. The molecule has 0 radical (unpaired) electrons. The molecule has 0 bridgehead atoms. The number of anilines is 1. The molecule has 0 amide bonds. The highest BCUT2D eigenvalue weighted by Crippen LogP contribution is 2.37. The maximum absolute atomic E-state index is 3.71. The molecule has 0 saturated carbocycles. The van der Waals surface area contributed by atoms with Gasteiger partial charge in [-0.2, -0.15) is 0 Å². The Morgan fingerprint density at radius 1 is 0.704 bits per heavy atom. The quantitative estimate of drug-likeness (QED) is 0.457. The first-order valence-corrected chi connectivity index (χ1v) is 9.09. The Morgan fingerprint density at radius 2 is 1.48 bits per heavy atom. The molecule has 1 aliphatic heterocycles. The first-order chi connectivity index (χ1) is 13.4. The maximum Gasteiger partial charge on any atom is 0.0936 e. The lowest BCUT2D eigenvalue weighted by molar-refractivity contribution is 0.808. The summed E-state index contributed by atoms with van der Waals surface area (Å²) in [6, 6.07) is 31.3. The maximum atomic E-state index is 3.71. The Morgan fingerprint density at radius 3 is 2.41 bits per heavy atom. The van der Waals surface area contributed by atoms with Gasteiger partial charge in [-0.05, 0) is 48.0 Å². The molecule has 0 unspecified atom stereocenters. The summed E-state index contributed by atoms with van der Waals surface area (Å²) in [5.74, 6) is 6.67. The van der Waals surface area contributed by atoms with Crippen LogP contribution in [0.25, 0.3) is 5.69 Å². The summed E-state index contributed by atoms with van der Waals surface area (Å²) in [5, 5.41) is 3.71. The van der Waals surface area contributed by atoms with Crippen LogP contribution in [0.1, 0.15) is 28.4 Å². The predicted molar refractivity (Wildman–Crippen MR) is 110 cm³/mol. The summed E-state index contributed by atoms with van der Waals surface area (Å²) >= 11 is 0. The van der Waals surface area contributed by atoms with Gasteiger partial charge in [-0.3, -0.25) is 0 Å². The lowest BCUT2D eigenvalue weighted by atomic mass is 9.95. The number of benzene rings is 3. The van der Waals surface area contributed by atoms with Gasteiger partial charge in [0, 0.05) is 23.0 Å². The van der Waals surface area contributed by atoms with Crippen LogP contribution in [0.5, 0.6) is 0 Å². The summed E-state index contributed by atoms with van der Waals surface area (Å²) in [4.78, 5) is 0. The minimum Gasteiger partial charge on any atom is -0.371 e. The van der Waals surface area contributed by atoms with Gasteiger partial charge in [-0.25, -0.2) is 0 Å².